The summed E-state index contributed by atoms with van der Waals surface area (Å²) in [6.45, 7) is 3.49. The van der Waals surface area contributed by atoms with Crippen LogP contribution in [0.1, 0.15) is 44.5 Å². The van der Waals surface area contributed by atoms with E-state index in [9.17, 15) is 4.79 Å². The van der Waals surface area contributed by atoms with Crippen molar-refractivity contribution < 1.29 is 14.3 Å². The van der Waals surface area contributed by atoms with E-state index in [4.69, 9.17) is 14.5 Å². The number of thiazole rings is 1. The predicted molar refractivity (Wildman–Crippen MR) is 166 cm³/mol. The van der Waals surface area contributed by atoms with Gasteiger partial charge in [-0.2, -0.15) is 0 Å². The Morgan fingerprint density at radius 1 is 0.902 bits per heavy atom. The fourth-order valence-corrected chi connectivity index (χ4v) is 5.62. The Morgan fingerprint density at radius 2 is 1.59 bits per heavy atom. The van der Waals surface area contributed by atoms with E-state index >= 15 is 0 Å². The second-order valence-corrected chi connectivity index (χ2v) is 11.2. The number of likely N-dealkylation sites (N-methyl/N-ethyl adjacent to an activating group) is 1. The summed E-state index contributed by atoms with van der Waals surface area (Å²) in [5.41, 5.74) is 4.14. The molecule has 0 fully saturated rings. The molecule has 8 heteroatoms. The molecule has 0 bridgehead atoms. The van der Waals surface area contributed by atoms with Gasteiger partial charge in [0.05, 0.1) is 20.8 Å². The number of carbonyl (C=O) groups is 1. The van der Waals surface area contributed by atoms with Gasteiger partial charge in [-0.3, -0.25) is 9.69 Å². The summed E-state index contributed by atoms with van der Waals surface area (Å²) in [6, 6.07) is 27.3. The lowest BCUT2D eigenvalue weighted by molar-refractivity contribution is 0.0946. The lowest BCUT2D eigenvalue weighted by atomic mass is 9.88. The molecule has 3 aromatic carbocycles. The molecule has 4 aromatic rings. The molecular weight excluding hydrogens is 532 g/mol. The average Bonchev–Trinajstić information content (AvgIpc) is 3.47. The minimum Gasteiger partial charge on any atom is -0.497 e. The molecule has 0 atom stereocenters. The zero-order valence-corrected chi connectivity index (χ0v) is 25.2. The van der Waals surface area contributed by atoms with Crippen molar-refractivity contribution >= 4 is 17.2 Å². The van der Waals surface area contributed by atoms with Gasteiger partial charge in [0.15, 0.2) is 0 Å². The molecule has 1 aromatic heterocycles. The largest absolute Gasteiger partial charge is 0.497 e. The number of carbonyl (C=O) groups excluding carboxylic acids is 1. The molecule has 41 heavy (non-hydrogen) atoms. The quantitative estimate of drug-likeness (QED) is 0.198. The van der Waals surface area contributed by atoms with Crippen molar-refractivity contribution in [3.05, 3.63) is 112 Å². The number of nitrogens with zero attached hydrogens (tertiary/aromatic N) is 3. The Bertz CT molecular complexity index is 1320. The third kappa shape index (κ3) is 8.88. The van der Waals surface area contributed by atoms with Crippen molar-refractivity contribution in [2.45, 2.75) is 25.4 Å². The molecule has 0 aliphatic heterocycles. The molecule has 0 saturated carbocycles. The highest BCUT2D eigenvalue weighted by molar-refractivity contribution is 7.09. The first kappa shape index (κ1) is 30.2. The Labute approximate surface area is 247 Å². The van der Waals surface area contributed by atoms with Crippen LogP contribution in [-0.4, -0.2) is 68.6 Å². The number of rotatable bonds is 15. The summed E-state index contributed by atoms with van der Waals surface area (Å²) >= 11 is 1.52. The van der Waals surface area contributed by atoms with Gasteiger partial charge in [-0.15, -0.1) is 11.3 Å². The molecular formula is C33H40N4O3S. The van der Waals surface area contributed by atoms with Crippen LogP contribution in [0.4, 0.5) is 0 Å². The first-order valence-corrected chi connectivity index (χ1v) is 14.7. The minimum absolute atomic E-state index is 0.133. The molecule has 4 rings (SSSR count). The van der Waals surface area contributed by atoms with Crippen LogP contribution < -0.4 is 14.8 Å². The van der Waals surface area contributed by atoms with Crippen LogP contribution in [0.15, 0.2) is 84.2 Å². The van der Waals surface area contributed by atoms with Crippen molar-refractivity contribution in [1.29, 1.82) is 0 Å². The molecule has 0 aliphatic carbocycles. The van der Waals surface area contributed by atoms with E-state index in [0.29, 0.717) is 25.3 Å². The van der Waals surface area contributed by atoms with Crippen LogP contribution in [0.3, 0.4) is 0 Å². The predicted octanol–water partition coefficient (Wildman–Crippen LogP) is 5.68. The molecule has 0 spiro atoms. The average molecular weight is 573 g/mol. The number of hydrogen-bond acceptors (Lipinski definition) is 7. The minimum atomic E-state index is -0.133. The molecule has 0 saturated heterocycles. The molecule has 216 valence electrons. The Balaban J connectivity index is 1.55. The molecule has 1 N–H and O–H groups in total. The highest BCUT2D eigenvalue weighted by atomic mass is 32.1. The summed E-state index contributed by atoms with van der Waals surface area (Å²) in [5, 5.41) is 5.72. The molecule has 1 heterocycles. The van der Waals surface area contributed by atoms with Gasteiger partial charge in [0, 0.05) is 42.6 Å². The molecule has 0 radical (unpaired) electrons. The third-order valence-electron chi connectivity index (χ3n) is 7.01. The van der Waals surface area contributed by atoms with Gasteiger partial charge < -0.3 is 19.7 Å². The number of ether oxygens (including phenoxy) is 2. The van der Waals surface area contributed by atoms with E-state index < -0.39 is 0 Å². The van der Waals surface area contributed by atoms with Crippen LogP contribution in [0.5, 0.6) is 11.5 Å². The number of benzene rings is 3. The fourth-order valence-electron chi connectivity index (χ4n) is 4.81. The third-order valence-corrected chi connectivity index (χ3v) is 7.85. The summed E-state index contributed by atoms with van der Waals surface area (Å²) in [7, 11) is 7.31. The van der Waals surface area contributed by atoms with Gasteiger partial charge in [-0.1, -0.05) is 66.7 Å². The zero-order chi connectivity index (χ0) is 29.0. The summed E-state index contributed by atoms with van der Waals surface area (Å²) in [6.07, 6.45) is 0.926. The lowest BCUT2D eigenvalue weighted by Gasteiger charge is -2.26. The standard InChI is InChI=1S/C33H40N4O3S/c1-36(2)20-18-34-33(38)30-24-41-32(35-30)23-37(22-27-15-16-28(39-3)21-31(27)40-4)19-17-29(25-11-7-5-8-12-25)26-13-9-6-10-14-26/h5-16,21,24,29H,17-20,22-23H2,1-4H3,(H,34,38). The zero-order valence-electron chi connectivity index (χ0n) is 24.4. The number of nitrogens with one attached hydrogen (secondary N) is 1. The smallest absolute Gasteiger partial charge is 0.270 e. The summed E-state index contributed by atoms with van der Waals surface area (Å²) in [5.74, 6) is 1.67. The van der Waals surface area contributed by atoms with Gasteiger partial charge in [0.1, 0.15) is 22.2 Å². The number of aromatic nitrogens is 1. The molecule has 0 aliphatic rings. The van der Waals surface area contributed by atoms with E-state index in [0.717, 1.165) is 41.6 Å². The van der Waals surface area contributed by atoms with Crippen molar-refractivity contribution in [3.63, 3.8) is 0 Å². The topological polar surface area (TPSA) is 66.9 Å². The Morgan fingerprint density at radius 3 is 2.20 bits per heavy atom. The summed E-state index contributed by atoms with van der Waals surface area (Å²) in [4.78, 5) is 21.8. The van der Waals surface area contributed by atoms with Gasteiger partial charge in [-0.25, -0.2) is 4.98 Å². The van der Waals surface area contributed by atoms with E-state index in [1.807, 2.05) is 36.5 Å². The first-order valence-electron chi connectivity index (χ1n) is 13.9. The van der Waals surface area contributed by atoms with Gasteiger partial charge >= 0.3 is 0 Å². The number of amides is 1. The maximum atomic E-state index is 12.7. The van der Waals surface area contributed by atoms with Gasteiger partial charge in [0.25, 0.3) is 5.91 Å². The SMILES string of the molecule is COc1ccc(CN(CCC(c2ccccc2)c2ccccc2)Cc2nc(C(=O)NCCN(C)C)cs2)c(OC)c1. The van der Waals surface area contributed by atoms with Crippen molar-refractivity contribution in [3.8, 4) is 11.5 Å². The summed E-state index contributed by atoms with van der Waals surface area (Å²) < 4.78 is 11.1. The molecule has 0 unspecified atom stereocenters. The number of hydrogen-bond donors (Lipinski definition) is 1. The van der Waals surface area contributed by atoms with Crippen LogP contribution in [0.2, 0.25) is 0 Å². The Hall–Kier alpha value is -3.72. The van der Waals surface area contributed by atoms with Crippen LogP contribution in [0, 0.1) is 0 Å². The van der Waals surface area contributed by atoms with E-state index in [1.165, 1.54) is 22.5 Å². The van der Waals surface area contributed by atoms with E-state index in [-0.39, 0.29) is 11.8 Å². The van der Waals surface area contributed by atoms with Crippen molar-refractivity contribution in [2.75, 3.05) is 47.9 Å². The maximum absolute atomic E-state index is 12.7. The van der Waals surface area contributed by atoms with E-state index in [2.05, 4.69) is 76.9 Å². The highest BCUT2D eigenvalue weighted by Crippen LogP contribution is 2.30. The first-order chi connectivity index (χ1) is 20.0. The van der Waals surface area contributed by atoms with Crippen LogP contribution in [-0.2, 0) is 13.1 Å². The Kier molecular flexibility index (Phi) is 11.3. The van der Waals surface area contributed by atoms with Crippen molar-refractivity contribution in [1.82, 2.24) is 20.1 Å². The monoisotopic (exact) mass is 572 g/mol. The fraction of sp³-hybridized carbons (Fsp3) is 0.333. The second-order valence-electron chi connectivity index (χ2n) is 10.2. The second kappa shape index (κ2) is 15.3. The van der Waals surface area contributed by atoms with E-state index in [1.54, 1.807) is 14.2 Å². The molecule has 1 amide bonds. The molecule has 7 nitrogen and oxygen atoms in total. The van der Waals surface area contributed by atoms with Gasteiger partial charge in [0.2, 0.25) is 0 Å². The maximum Gasteiger partial charge on any atom is 0.270 e. The number of methoxy groups -OCH3 is 2. The van der Waals surface area contributed by atoms with Gasteiger partial charge in [-0.05, 0) is 44.3 Å². The van der Waals surface area contributed by atoms with Crippen LogP contribution in [0.25, 0.3) is 0 Å². The normalized spacial score (nSPS) is 11.3. The highest BCUT2D eigenvalue weighted by Gasteiger charge is 2.19. The lowest BCUT2D eigenvalue weighted by Crippen LogP contribution is -2.31. The van der Waals surface area contributed by atoms with Crippen LogP contribution >= 0.6 is 11.3 Å². The van der Waals surface area contributed by atoms with Crippen molar-refractivity contribution in [2.24, 2.45) is 0 Å².